The molecule has 0 atom stereocenters. The number of para-hydroxylation sites is 1. The van der Waals surface area contributed by atoms with Gasteiger partial charge in [0.15, 0.2) is 5.43 Å². The first-order valence-electron chi connectivity index (χ1n) is 8.99. The first kappa shape index (κ1) is 18.2. The average Bonchev–Trinajstić information content (AvgIpc) is 2.76. The number of aryl methyl sites for hydroxylation is 1. The smallest absolute Gasteiger partial charge is 0.268 e. The number of rotatable bonds is 4. The van der Waals surface area contributed by atoms with Crippen LogP contribution in [0.4, 0.5) is 17.3 Å². The highest BCUT2D eigenvalue weighted by Crippen LogP contribution is 2.29. The third kappa shape index (κ3) is 3.17. The Balaban J connectivity index is 1.90. The molecule has 7 nitrogen and oxygen atoms in total. The number of nitrogens with one attached hydrogen (secondary N) is 1. The predicted molar refractivity (Wildman–Crippen MR) is 115 cm³/mol. The maximum atomic E-state index is 13.3. The largest absolute Gasteiger partial charge is 0.392 e. The number of pyridine rings is 1. The predicted octanol–water partition coefficient (Wildman–Crippen LogP) is 3.74. The summed E-state index contributed by atoms with van der Waals surface area (Å²) in [6.07, 6.45) is 1.29. The quantitative estimate of drug-likeness (QED) is 0.525. The van der Waals surface area contributed by atoms with Crippen molar-refractivity contribution in [3.8, 4) is 11.3 Å². The molecule has 2 aromatic carbocycles. The van der Waals surface area contributed by atoms with Crippen LogP contribution in [0.25, 0.3) is 27.0 Å². The van der Waals surface area contributed by atoms with Crippen molar-refractivity contribution >= 4 is 28.2 Å². The van der Waals surface area contributed by atoms with E-state index in [4.69, 9.17) is 12.3 Å². The summed E-state index contributed by atoms with van der Waals surface area (Å²) < 4.78 is 2.02. The van der Waals surface area contributed by atoms with Crippen LogP contribution < -0.4 is 16.5 Å². The van der Waals surface area contributed by atoms with E-state index in [9.17, 15) is 4.79 Å². The van der Waals surface area contributed by atoms with Gasteiger partial charge in [-0.15, -0.1) is 0 Å². The Bertz CT molecular complexity index is 1300. The van der Waals surface area contributed by atoms with Gasteiger partial charge >= 0.3 is 0 Å². The normalized spacial score (nSPS) is 10.6. The van der Waals surface area contributed by atoms with Gasteiger partial charge in [0.05, 0.1) is 17.8 Å². The second-order valence-corrected chi connectivity index (χ2v) is 6.52. The SMILES string of the molecule is [C-]#[N+]c1c(N)ncnc1NCc1c(-c2ccccc2)n(C)c2ccccc2c1=O. The third-order valence-corrected chi connectivity index (χ3v) is 4.85. The fourth-order valence-electron chi connectivity index (χ4n) is 3.48. The van der Waals surface area contributed by atoms with Crippen molar-refractivity contribution < 1.29 is 0 Å². The number of hydrogen-bond acceptors (Lipinski definition) is 5. The van der Waals surface area contributed by atoms with Crippen LogP contribution in [0.2, 0.25) is 0 Å². The van der Waals surface area contributed by atoms with Gasteiger partial charge in [-0.05, 0) is 17.7 Å². The Hall–Kier alpha value is -4.18. The molecule has 0 saturated heterocycles. The van der Waals surface area contributed by atoms with E-state index in [0.717, 1.165) is 16.8 Å². The number of nitrogens with zero attached hydrogens (tertiary/aromatic N) is 4. The van der Waals surface area contributed by atoms with Crippen LogP contribution in [0.1, 0.15) is 5.56 Å². The highest BCUT2D eigenvalue weighted by atomic mass is 16.1. The Morgan fingerprint density at radius 3 is 2.59 bits per heavy atom. The Labute approximate surface area is 167 Å². The second kappa shape index (κ2) is 7.44. The lowest BCUT2D eigenvalue weighted by atomic mass is 10.0. The second-order valence-electron chi connectivity index (χ2n) is 6.52. The fraction of sp³-hybridized carbons (Fsp3) is 0.0909. The van der Waals surface area contributed by atoms with Crippen LogP contribution in [-0.2, 0) is 13.6 Å². The van der Waals surface area contributed by atoms with E-state index in [1.165, 1.54) is 6.33 Å². The zero-order chi connectivity index (χ0) is 20.4. The van der Waals surface area contributed by atoms with Crippen LogP contribution >= 0.6 is 0 Å². The molecule has 7 heteroatoms. The Morgan fingerprint density at radius 1 is 1.10 bits per heavy atom. The number of anilines is 2. The molecule has 0 bridgehead atoms. The summed E-state index contributed by atoms with van der Waals surface area (Å²) in [4.78, 5) is 24.7. The molecule has 4 aromatic rings. The first-order chi connectivity index (χ1) is 14.1. The Kier molecular flexibility index (Phi) is 4.67. The third-order valence-electron chi connectivity index (χ3n) is 4.85. The van der Waals surface area contributed by atoms with Crippen molar-refractivity contribution in [2.75, 3.05) is 11.1 Å². The molecule has 142 valence electrons. The molecular weight excluding hydrogens is 364 g/mol. The van der Waals surface area contributed by atoms with Crippen LogP contribution in [0.3, 0.4) is 0 Å². The molecule has 0 spiro atoms. The number of hydrogen-bond donors (Lipinski definition) is 2. The highest BCUT2D eigenvalue weighted by molar-refractivity contribution is 5.84. The van der Waals surface area contributed by atoms with Gasteiger partial charge < -0.3 is 15.6 Å². The number of nitrogens with two attached hydrogens (primary N) is 1. The molecule has 0 unspecified atom stereocenters. The van der Waals surface area contributed by atoms with E-state index in [1.54, 1.807) is 0 Å². The zero-order valence-corrected chi connectivity index (χ0v) is 15.8. The monoisotopic (exact) mass is 382 g/mol. The fourth-order valence-corrected chi connectivity index (χ4v) is 3.48. The van der Waals surface area contributed by atoms with Crippen LogP contribution in [-0.4, -0.2) is 14.5 Å². The molecule has 0 radical (unpaired) electrons. The maximum absolute atomic E-state index is 13.3. The van der Waals surface area contributed by atoms with Crippen molar-refractivity contribution in [3.05, 3.63) is 88.1 Å². The number of benzene rings is 2. The maximum Gasteiger partial charge on any atom is 0.268 e. The summed E-state index contributed by atoms with van der Waals surface area (Å²) >= 11 is 0. The van der Waals surface area contributed by atoms with Gasteiger partial charge in [-0.2, -0.15) is 0 Å². The molecule has 2 aromatic heterocycles. The summed E-state index contributed by atoms with van der Waals surface area (Å²) in [7, 11) is 1.95. The number of aromatic nitrogens is 3. The van der Waals surface area contributed by atoms with E-state index >= 15 is 0 Å². The lowest BCUT2D eigenvalue weighted by molar-refractivity contribution is 0.932. The highest BCUT2D eigenvalue weighted by Gasteiger charge is 2.17. The molecule has 2 heterocycles. The van der Waals surface area contributed by atoms with Crippen molar-refractivity contribution in [3.63, 3.8) is 0 Å². The van der Waals surface area contributed by atoms with Crippen molar-refractivity contribution in [2.24, 2.45) is 7.05 Å². The molecule has 29 heavy (non-hydrogen) atoms. The van der Waals surface area contributed by atoms with E-state index in [2.05, 4.69) is 20.1 Å². The summed E-state index contributed by atoms with van der Waals surface area (Å²) in [6, 6.07) is 17.3. The first-order valence-corrected chi connectivity index (χ1v) is 8.99. The summed E-state index contributed by atoms with van der Waals surface area (Å²) in [5.41, 5.74) is 9.05. The minimum atomic E-state index is -0.0588. The van der Waals surface area contributed by atoms with Crippen molar-refractivity contribution in [1.29, 1.82) is 0 Å². The summed E-state index contributed by atoms with van der Waals surface area (Å²) in [5, 5.41) is 3.74. The van der Waals surface area contributed by atoms with Crippen LogP contribution in [0.15, 0.2) is 65.7 Å². The van der Waals surface area contributed by atoms with E-state index in [-0.39, 0.29) is 23.5 Å². The van der Waals surface area contributed by atoms with E-state index in [1.807, 2.05) is 66.2 Å². The van der Waals surface area contributed by atoms with Crippen molar-refractivity contribution in [1.82, 2.24) is 14.5 Å². The van der Waals surface area contributed by atoms with Gasteiger partial charge in [0.1, 0.15) is 18.0 Å². The molecule has 0 fully saturated rings. The zero-order valence-electron chi connectivity index (χ0n) is 15.8. The molecule has 0 amide bonds. The van der Waals surface area contributed by atoms with Gasteiger partial charge in [-0.3, -0.25) is 4.79 Å². The van der Waals surface area contributed by atoms with Crippen LogP contribution in [0, 0.1) is 6.57 Å². The molecule has 0 aliphatic rings. The molecule has 0 aliphatic carbocycles. The number of nitrogen functional groups attached to an aromatic ring is 1. The topological polar surface area (TPSA) is 90.2 Å². The molecular formula is C22H18N6O. The molecule has 4 rings (SSSR count). The molecule has 3 N–H and O–H groups in total. The Morgan fingerprint density at radius 2 is 1.83 bits per heavy atom. The summed E-state index contributed by atoms with van der Waals surface area (Å²) in [5.74, 6) is 0.411. The summed E-state index contributed by atoms with van der Waals surface area (Å²) in [6.45, 7) is 7.52. The van der Waals surface area contributed by atoms with Gasteiger partial charge in [0.2, 0.25) is 0 Å². The number of fused-ring (bicyclic) bond motifs is 1. The minimum Gasteiger partial charge on any atom is -0.392 e. The lowest BCUT2D eigenvalue weighted by Crippen LogP contribution is -2.20. The molecule has 0 saturated carbocycles. The van der Waals surface area contributed by atoms with Crippen LogP contribution in [0.5, 0.6) is 0 Å². The molecule has 0 aliphatic heterocycles. The van der Waals surface area contributed by atoms with Crippen molar-refractivity contribution in [2.45, 2.75) is 6.54 Å². The van der Waals surface area contributed by atoms with Gasteiger partial charge in [-0.25, -0.2) is 14.8 Å². The lowest BCUT2D eigenvalue weighted by Gasteiger charge is -2.18. The van der Waals surface area contributed by atoms with E-state index < -0.39 is 0 Å². The van der Waals surface area contributed by atoms with Gasteiger partial charge in [-0.1, -0.05) is 42.5 Å². The van der Waals surface area contributed by atoms with Gasteiger partial charge in [0, 0.05) is 24.5 Å². The standard InChI is InChI=1S/C22H18N6O/c1-24-18-21(23)26-13-27-22(18)25-12-16-19(14-8-4-3-5-9-14)28(2)17-11-7-6-10-15(17)20(16)29/h3-11,13H,12H2,2H3,(H3,23,25,26,27). The minimum absolute atomic E-state index is 0.0588. The van der Waals surface area contributed by atoms with E-state index in [0.29, 0.717) is 16.8 Å². The van der Waals surface area contributed by atoms with Gasteiger partial charge in [0.25, 0.3) is 5.69 Å². The average molecular weight is 382 g/mol.